The zero-order chi connectivity index (χ0) is 16.8. The summed E-state index contributed by atoms with van der Waals surface area (Å²) in [6.45, 7) is 1.86. The highest BCUT2D eigenvalue weighted by molar-refractivity contribution is 7.89. The first kappa shape index (κ1) is 19.2. The van der Waals surface area contributed by atoms with Crippen LogP contribution in [-0.2, 0) is 21.2 Å². The maximum atomic E-state index is 12.6. The summed E-state index contributed by atoms with van der Waals surface area (Å²) < 4.78 is 23.4. The summed E-state index contributed by atoms with van der Waals surface area (Å²) in [4.78, 5) is 12.6. The molecule has 2 saturated carbocycles. The number of primary sulfonamides is 1. The Hall–Kier alpha value is -1.15. The number of benzene rings is 1. The average molecular weight is 374 g/mol. The van der Waals surface area contributed by atoms with Gasteiger partial charge in [0.1, 0.15) is 0 Å². The smallest absolute Gasteiger partial charge is 0.238 e. The molecular formula is C16H24ClN3O3S. The van der Waals surface area contributed by atoms with Crippen molar-refractivity contribution >= 4 is 34.0 Å². The number of hydrogen-bond donors (Lipinski definition) is 3. The van der Waals surface area contributed by atoms with Gasteiger partial charge in [-0.2, -0.15) is 0 Å². The lowest BCUT2D eigenvalue weighted by Crippen LogP contribution is -2.42. The fraction of sp³-hybridized carbons (Fsp3) is 0.562. The summed E-state index contributed by atoms with van der Waals surface area (Å²) in [7, 11) is -3.82. The third-order valence-electron chi connectivity index (χ3n) is 5.31. The maximum Gasteiger partial charge on any atom is 0.238 e. The molecule has 0 saturated heterocycles. The van der Waals surface area contributed by atoms with Crippen LogP contribution in [0, 0.1) is 17.8 Å². The number of amides is 1. The van der Waals surface area contributed by atoms with Crippen molar-refractivity contribution in [2.75, 3.05) is 5.32 Å². The highest BCUT2D eigenvalue weighted by Gasteiger charge is 2.49. The van der Waals surface area contributed by atoms with Gasteiger partial charge in [0.2, 0.25) is 15.9 Å². The monoisotopic (exact) mass is 373 g/mol. The average Bonchev–Trinajstić information content (AvgIpc) is 3.07. The Bertz CT molecular complexity index is 736. The molecule has 5 N–H and O–H groups in total. The molecule has 3 rings (SSSR count). The Morgan fingerprint density at radius 2 is 1.96 bits per heavy atom. The number of aryl methyl sites for hydroxylation is 1. The number of fused-ring (bicyclic) bond motifs is 2. The van der Waals surface area contributed by atoms with Crippen LogP contribution in [-0.4, -0.2) is 20.4 Å². The van der Waals surface area contributed by atoms with E-state index >= 15 is 0 Å². The molecule has 4 unspecified atom stereocenters. The molecule has 1 aromatic rings. The van der Waals surface area contributed by atoms with Crippen molar-refractivity contribution in [1.82, 2.24) is 0 Å². The third kappa shape index (κ3) is 3.44. The fourth-order valence-corrected chi connectivity index (χ4v) is 5.01. The van der Waals surface area contributed by atoms with Gasteiger partial charge in [-0.15, -0.1) is 12.4 Å². The Balaban J connectivity index is 0.00000208. The van der Waals surface area contributed by atoms with Crippen molar-refractivity contribution < 1.29 is 13.2 Å². The van der Waals surface area contributed by atoms with Crippen molar-refractivity contribution in [3.8, 4) is 0 Å². The molecule has 2 aliphatic rings. The minimum absolute atomic E-state index is 0. The maximum absolute atomic E-state index is 12.6. The van der Waals surface area contributed by atoms with E-state index < -0.39 is 10.0 Å². The number of carbonyl (C=O) groups excluding carboxylic acids is 1. The molecule has 0 radical (unpaired) electrons. The number of nitrogens with two attached hydrogens (primary N) is 2. The third-order valence-corrected chi connectivity index (χ3v) is 6.30. The molecule has 4 atom stereocenters. The first-order valence-corrected chi connectivity index (χ1v) is 9.58. The van der Waals surface area contributed by atoms with E-state index in [4.69, 9.17) is 10.9 Å². The van der Waals surface area contributed by atoms with Gasteiger partial charge >= 0.3 is 0 Å². The second-order valence-electron chi connectivity index (χ2n) is 6.65. The summed E-state index contributed by atoms with van der Waals surface area (Å²) in [5.41, 5.74) is 7.28. The molecule has 0 spiro atoms. The molecule has 8 heteroatoms. The lowest BCUT2D eigenvalue weighted by Gasteiger charge is -2.27. The van der Waals surface area contributed by atoms with Crippen LogP contribution in [0.5, 0.6) is 0 Å². The zero-order valence-electron chi connectivity index (χ0n) is 13.6. The molecule has 0 heterocycles. The van der Waals surface area contributed by atoms with Gasteiger partial charge in [0.05, 0.1) is 10.8 Å². The summed E-state index contributed by atoms with van der Waals surface area (Å²) >= 11 is 0. The first-order valence-electron chi connectivity index (χ1n) is 8.03. The van der Waals surface area contributed by atoms with Crippen LogP contribution < -0.4 is 16.2 Å². The van der Waals surface area contributed by atoms with Crippen molar-refractivity contribution in [2.24, 2.45) is 28.6 Å². The Kier molecular flexibility index (Phi) is 5.59. The fourth-order valence-electron chi connectivity index (χ4n) is 4.14. The van der Waals surface area contributed by atoms with Crippen molar-refractivity contribution in [1.29, 1.82) is 0 Å². The molecule has 1 amide bonds. The van der Waals surface area contributed by atoms with Gasteiger partial charge in [-0.1, -0.05) is 13.0 Å². The standard InChI is InChI=1S/C16H23N3O3S.ClH/c1-2-9-5-6-12(8-13(9)23(18,21)22)19-16(20)14-10-3-4-11(7-10)15(14)17;/h5-6,8,10-11,14-15H,2-4,7,17H2,1H3,(H,19,20)(H2,18,21,22);1H. The number of sulfonamides is 1. The van der Waals surface area contributed by atoms with E-state index in [0.29, 0.717) is 29.5 Å². The van der Waals surface area contributed by atoms with Crippen LogP contribution >= 0.6 is 12.4 Å². The molecule has 1 aromatic carbocycles. The number of rotatable bonds is 4. The molecule has 134 valence electrons. The van der Waals surface area contributed by atoms with E-state index in [1.807, 2.05) is 6.92 Å². The van der Waals surface area contributed by atoms with Gasteiger partial charge in [0.15, 0.2) is 0 Å². The van der Waals surface area contributed by atoms with Crippen LogP contribution in [0.15, 0.2) is 23.1 Å². The molecule has 24 heavy (non-hydrogen) atoms. The second-order valence-corrected chi connectivity index (χ2v) is 8.18. The number of hydrogen-bond acceptors (Lipinski definition) is 4. The molecule has 2 aliphatic carbocycles. The Morgan fingerprint density at radius 1 is 1.29 bits per heavy atom. The predicted octanol–water partition coefficient (Wildman–Crippen LogP) is 1.63. The normalized spacial score (nSPS) is 28.5. The van der Waals surface area contributed by atoms with Crippen LogP contribution in [0.25, 0.3) is 0 Å². The van der Waals surface area contributed by atoms with Gasteiger partial charge in [0, 0.05) is 11.7 Å². The molecule has 2 fully saturated rings. The quantitative estimate of drug-likeness (QED) is 0.743. The van der Waals surface area contributed by atoms with Crippen molar-refractivity contribution in [3.63, 3.8) is 0 Å². The summed E-state index contributed by atoms with van der Waals surface area (Å²) in [5.74, 6) is 0.493. The van der Waals surface area contributed by atoms with Gasteiger partial charge < -0.3 is 11.1 Å². The van der Waals surface area contributed by atoms with E-state index in [0.717, 1.165) is 19.3 Å². The summed E-state index contributed by atoms with van der Waals surface area (Å²) in [6.07, 6.45) is 3.73. The largest absolute Gasteiger partial charge is 0.327 e. The van der Waals surface area contributed by atoms with Gasteiger partial charge in [-0.05, 0) is 55.2 Å². The Labute approximate surface area is 148 Å². The molecular weight excluding hydrogens is 350 g/mol. The van der Waals surface area contributed by atoms with Crippen LogP contribution in [0.2, 0.25) is 0 Å². The molecule has 0 aliphatic heterocycles. The first-order chi connectivity index (χ1) is 10.8. The van der Waals surface area contributed by atoms with Crippen LogP contribution in [0.1, 0.15) is 31.7 Å². The number of anilines is 1. The van der Waals surface area contributed by atoms with E-state index in [1.54, 1.807) is 12.1 Å². The van der Waals surface area contributed by atoms with Crippen molar-refractivity contribution in [3.05, 3.63) is 23.8 Å². The predicted molar refractivity (Wildman–Crippen MR) is 95.4 cm³/mol. The van der Waals surface area contributed by atoms with E-state index in [2.05, 4.69) is 5.32 Å². The topological polar surface area (TPSA) is 115 Å². The molecule has 2 bridgehead atoms. The lowest BCUT2D eigenvalue weighted by atomic mass is 9.84. The zero-order valence-corrected chi connectivity index (χ0v) is 15.2. The number of carbonyl (C=O) groups is 1. The van der Waals surface area contributed by atoms with Gasteiger partial charge in [0.25, 0.3) is 0 Å². The van der Waals surface area contributed by atoms with E-state index in [9.17, 15) is 13.2 Å². The number of halogens is 1. The number of nitrogens with one attached hydrogen (secondary N) is 1. The van der Waals surface area contributed by atoms with E-state index in [-0.39, 0.29) is 35.2 Å². The molecule has 0 aromatic heterocycles. The van der Waals surface area contributed by atoms with Gasteiger partial charge in [-0.3, -0.25) is 4.79 Å². The minimum Gasteiger partial charge on any atom is -0.327 e. The van der Waals surface area contributed by atoms with Crippen LogP contribution in [0.4, 0.5) is 5.69 Å². The minimum atomic E-state index is -3.82. The molecule has 6 nitrogen and oxygen atoms in total. The summed E-state index contributed by atoms with van der Waals surface area (Å²) in [6, 6.07) is 4.74. The SMILES string of the molecule is CCc1ccc(NC(=O)C2C3CCC(C3)C2N)cc1S(N)(=O)=O.Cl. The second kappa shape index (κ2) is 7.00. The van der Waals surface area contributed by atoms with Crippen molar-refractivity contribution in [2.45, 2.75) is 43.5 Å². The van der Waals surface area contributed by atoms with E-state index in [1.165, 1.54) is 6.07 Å². The highest BCUT2D eigenvalue weighted by atomic mass is 35.5. The highest BCUT2D eigenvalue weighted by Crippen LogP contribution is 2.47. The lowest BCUT2D eigenvalue weighted by molar-refractivity contribution is -0.121. The van der Waals surface area contributed by atoms with Crippen LogP contribution in [0.3, 0.4) is 0 Å². The van der Waals surface area contributed by atoms with Gasteiger partial charge in [-0.25, -0.2) is 13.6 Å². The Morgan fingerprint density at radius 3 is 2.50 bits per heavy atom. The summed E-state index contributed by atoms with van der Waals surface area (Å²) in [5, 5.41) is 8.09.